The van der Waals surface area contributed by atoms with Crippen LogP contribution in [0.5, 0.6) is 0 Å². The van der Waals surface area contributed by atoms with E-state index in [1.165, 1.54) is 0 Å². The second-order valence-corrected chi connectivity index (χ2v) is 4.99. The van der Waals surface area contributed by atoms with Crippen molar-refractivity contribution in [2.45, 2.75) is 31.7 Å². The Morgan fingerprint density at radius 1 is 1.58 bits per heavy atom. The molecule has 0 bridgehead atoms. The van der Waals surface area contributed by atoms with Crippen LogP contribution in [-0.4, -0.2) is 40.2 Å². The van der Waals surface area contributed by atoms with E-state index in [1.54, 1.807) is 23.2 Å². The molecule has 1 aromatic rings. The number of nitrogens with zero attached hydrogens (tertiary/aromatic N) is 2. The van der Waals surface area contributed by atoms with Crippen molar-refractivity contribution >= 4 is 23.3 Å². The lowest BCUT2D eigenvalue weighted by Gasteiger charge is -2.35. The van der Waals surface area contributed by atoms with Crippen molar-refractivity contribution in [3.05, 3.63) is 23.5 Å². The predicted molar refractivity (Wildman–Crippen MR) is 74.3 cm³/mol. The van der Waals surface area contributed by atoms with Crippen LogP contribution in [0.25, 0.3) is 0 Å². The summed E-state index contributed by atoms with van der Waals surface area (Å²) in [5.74, 6) is 0. The molecule has 19 heavy (non-hydrogen) atoms. The van der Waals surface area contributed by atoms with Crippen LogP contribution in [0.1, 0.15) is 25.7 Å². The molecule has 2 rings (SSSR count). The van der Waals surface area contributed by atoms with Gasteiger partial charge in [0.2, 0.25) is 0 Å². The van der Waals surface area contributed by atoms with Gasteiger partial charge in [0.1, 0.15) is 0 Å². The molecule has 2 N–H and O–H groups in total. The van der Waals surface area contributed by atoms with Crippen LogP contribution in [0, 0.1) is 0 Å². The fourth-order valence-corrected chi connectivity index (χ4v) is 2.55. The summed E-state index contributed by atoms with van der Waals surface area (Å²) in [5.41, 5.74) is 0.516. The van der Waals surface area contributed by atoms with Crippen LogP contribution in [0.4, 0.5) is 10.5 Å². The number of carbonyl (C=O) groups excluding carboxylic acids is 1. The summed E-state index contributed by atoms with van der Waals surface area (Å²) in [4.78, 5) is 18.0. The molecule has 2 amide bonds. The van der Waals surface area contributed by atoms with E-state index in [9.17, 15) is 4.79 Å². The molecule has 0 radical (unpaired) electrons. The third-order valence-electron chi connectivity index (χ3n) is 3.35. The van der Waals surface area contributed by atoms with Gasteiger partial charge in [0.25, 0.3) is 0 Å². The van der Waals surface area contributed by atoms with Crippen LogP contribution in [0.3, 0.4) is 0 Å². The molecule has 1 fully saturated rings. The van der Waals surface area contributed by atoms with Crippen LogP contribution >= 0.6 is 11.6 Å². The van der Waals surface area contributed by atoms with Gasteiger partial charge < -0.3 is 15.3 Å². The molecule has 1 atom stereocenters. The first-order valence-electron chi connectivity index (χ1n) is 6.51. The van der Waals surface area contributed by atoms with Gasteiger partial charge in [-0.25, -0.2) is 9.78 Å². The largest absolute Gasteiger partial charge is 0.396 e. The monoisotopic (exact) mass is 283 g/mol. The van der Waals surface area contributed by atoms with E-state index in [1.807, 2.05) is 0 Å². The second kappa shape index (κ2) is 6.73. The number of rotatable bonds is 3. The van der Waals surface area contributed by atoms with E-state index in [-0.39, 0.29) is 23.8 Å². The SMILES string of the molecule is O=C(Nc1cccnc1Cl)N1CCCCC1CCO. The summed E-state index contributed by atoms with van der Waals surface area (Å²) in [6.45, 7) is 0.816. The topological polar surface area (TPSA) is 65.5 Å². The molecule has 1 aliphatic rings. The van der Waals surface area contributed by atoms with Crippen LogP contribution < -0.4 is 5.32 Å². The Balaban J connectivity index is 2.03. The number of anilines is 1. The van der Waals surface area contributed by atoms with Gasteiger partial charge in [-0.2, -0.15) is 0 Å². The van der Waals surface area contributed by atoms with Gasteiger partial charge >= 0.3 is 6.03 Å². The number of piperidine rings is 1. The van der Waals surface area contributed by atoms with Gasteiger partial charge in [-0.05, 0) is 37.8 Å². The van der Waals surface area contributed by atoms with Gasteiger partial charge in [0.05, 0.1) is 5.69 Å². The molecule has 1 aliphatic heterocycles. The van der Waals surface area contributed by atoms with E-state index >= 15 is 0 Å². The zero-order chi connectivity index (χ0) is 13.7. The number of pyridine rings is 1. The van der Waals surface area contributed by atoms with Crippen molar-refractivity contribution in [2.75, 3.05) is 18.5 Å². The van der Waals surface area contributed by atoms with Gasteiger partial charge in [-0.1, -0.05) is 11.6 Å². The third kappa shape index (κ3) is 3.58. The third-order valence-corrected chi connectivity index (χ3v) is 3.65. The number of hydrogen-bond donors (Lipinski definition) is 2. The van der Waals surface area contributed by atoms with Crippen molar-refractivity contribution in [2.24, 2.45) is 0 Å². The van der Waals surface area contributed by atoms with Crippen LogP contribution in [-0.2, 0) is 0 Å². The average Bonchev–Trinajstić information content (AvgIpc) is 2.42. The van der Waals surface area contributed by atoms with Crippen molar-refractivity contribution in [3.63, 3.8) is 0 Å². The van der Waals surface area contributed by atoms with Crippen LogP contribution in [0.15, 0.2) is 18.3 Å². The molecule has 0 aromatic carbocycles. The summed E-state index contributed by atoms with van der Waals surface area (Å²) in [6.07, 6.45) is 5.23. The number of halogens is 1. The van der Waals surface area contributed by atoms with E-state index in [2.05, 4.69) is 10.3 Å². The first-order valence-corrected chi connectivity index (χ1v) is 6.89. The number of aliphatic hydroxyl groups is 1. The summed E-state index contributed by atoms with van der Waals surface area (Å²) >= 11 is 5.92. The van der Waals surface area contributed by atoms with Crippen molar-refractivity contribution < 1.29 is 9.90 Å². The highest BCUT2D eigenvalue weighted by molar-refractivity contribution is 6.32. The Kier molecular flexibility index (Phi) is 4.99. The van der Waals surface area contributed by atoms with Gasteiger partial charge in [-0.15, -0.1) is 0 Å². The van der Waals surface area contributed by atoms with E-state index in [0.717, 1.165) is 19.3 Å². The fourth-order valence-electron chi connectivity index (χ4n) is 2.38. The zero-order valence-corrected chi connectivity index (χ0v) is 11.4. The Hall–Kier alpha value is -1.33. The van der Waals surface area contributed by atoms with Crippen molar-refractivity contribution in [1.82, 2.24) is 9.88 Å². The molecule has 5 nitrogen and oxygen atoms in total. The Morgan fingerprint density at radius 2 is 2.42 bits per heavy atom. The molecular weight excluding hydrogens is 266 g/mol. The van der Waals surface area contributed by atoms with Crippen molar-refractivity contribution in [1.29, 1.82) is 0 Å². The minimum atomic E-state index is -0.173. The molecule has 1 unspecified atom stereocenters. The highest BCUT2D eigenvalue weighted by atomic mass is 35.5. The summed E-state index contributed by atoms with van der Waals surface area (Å²) in [5, 5.41) is 12.1. The Labute approximate surface area is 117 Å². The summed E-state index contributed by atoms with van der Waals surface area (Å²) in [7, 11) is 0. The Bertz CT molecular complexity index is 440. The van der Waals surface area contributed by atoms with Gasteiger partial charge in [0.15, 0.2) is 5.15 Å². The molecular formula is C13H18ClN3O2. The van der Waals surface area contributed by atoms with E-state index in [4.69, 9.17) is 16.7 Å². The summed E-state index contributed by atoms with van der Waals surface area (Å²) in [6, 6.07) is 3.38. The molecule has 104 valence electrons. The summed E-state index contributed by atoms with van der Waals surface area (Å²) < 4.78 is 0. The number of urea groups is 1. The standard InChI is InChI=1S/C13H18ClN3O2/c14-12-11(5-3-7-15-12)16-13(19)17-8-2-1-4-10(17)6-9-18/h3,5,7,10,18H,1-2,4,6,8-9H2,(H,16,19). The first kappa shape index (κ1) is 14.1. The van der Waals surface area contributed by atoms with E-state index in [0.29, 0.717) is 18.7 Å². The lowest BCUT2D eigenvalue weighted by molar-refractivity contribution is 0.141. The van der Waals surface area contributed by atoms with E-state index < -0.39 is 0 Å². The van der Waals surface area contributed by atoms with Gasteiger partial charge in [0, 0.05) is 25.4 Å². The number of amides is 2. The maximum absolute atomic E-state index is 12.3. The Morgan fingerprint density at radius 3 is 3.16 bits per heavy atom. The zero-order valence-electron chi connectivity index (χ0n) is 10.7. The highest BCUT2D eigenvalue weighted by Gasteiger charge is 2.26. The second-order valence-electron chi connectivity index (χ2n) is 4.63. The molecule has 6 heteroatoms. The molecule has 0 spiro atoms. The number of likely N-dealkylation sites (tertiary alicyclic amines) is 1. The molecule has 1 aromatic heterocycles. The number of nitrogens with one attached hydrogen (secondary N) is 1. The average molecular weight is 284 g/mol. The molecule has 2 heterocycles. The molecule has 1 saturated heterocycles. The minimum Gasteiger partial charge on any atom is -0.396 e. The van der Waals surface area contributed by atoms with Gasteiger partial charge in [-0.3, -0.25) is 0 Å². The predicted octanol–water partition coefficient (Wildman–Crippen LogP) is 2.50. The van der Waals surface area contributed by atoms with Crippen molar-refractivity contribution in [3.8, 4) is 0 Å². The molecule has 0 saturated carbocycles. The smallest absolute Gasteiger partial charge is 0.322 e. The molecule has 0 aliphatic carbocycles. The number of hydrogen-bond acceptors (Lipinski definition) is 3. The fraction of sp³-hybridized carbons (Fsp3) is 0.538. The van der Waals surface area contributed by atoms with Crippen LogP contribution in [0.2, 0.25) is 5.15 Å². The number of aliphatic hydroxyl groups excluding tert-OH is 1. The minimum absolute atomic E-state index is 0.0993. The highest BCUT2D eigenvalue weighted by Crippen LogP contribution is 2.22. The first-order chi connectivity index (χ1) is 9.22. The number of carbonyl (C=O) groups is 1. The normalized spacial score (nSPS) is 19.3. The number of aromatic nitrogens is 1. The lowest BCUT2D eigenvalue weighted by atomic mass is 10.0. The lowest BCUT2D eigenvalue weighted by Crippen LogP contribution is -2.46. The maximum atomic E-state index is 12.3. The quantitative estimate of drug-likeness (QED) is 0.838. The maximum Gasteiger partial charge on any atom is 0.322 e.